The molecule has 0 radical (unpaired) electrons. The Bertz CT molecular complexity index is 1090. The molecule has 1 fully saturated rings. The lowest BCUT2D eigenvalue weighted by Gasteiger charge is -2.23. The fourth-order valence-electron chi connectivity index (χ4n) is 4.54. The molecule has 1 N–H and O–H groups in total. The number of aryl methyl sites for hydroxylation is 1. The van der Waals surface area contributed by atoms with Crippen molar-refractivity contribution in [2.24, 2.45) is 5.92 Å². The van der Waals surface area contributed by atoms with Crippen molar-refractivity contribution in [2.45, 2.75) is 46.6 Å². The first-order chi connectivity index (χ1) is 14.6. The third-order valence-electron chi connectivity index (χ3n) is 5.81. The number of carbonyl (C=O) groups is 3. The number of ether oxygens (including phenoxy) is 2. The number of hydrogen-bond donors (Lipinski definition) is 1. The van der Waals surface area contributed by atoms with Crippen LogP contribution in [0.3, 0.4) is 0 Å². The predicted octanol–water partition coefficient (Wildman–Crippen LogP) is 3.36. The largest absolute Gasteiger partial charge is 0.454 e. The third kappa shape index (κ3) is 3.56. The number of rotatable bonds is 6. The molecule has 2 aliphatic heterocycles. The van der Waals surface area contributed by atoms with E-state index in [1.807, 2.05) is 50.5 Å². The number of fused-ring (bicyclic) bond motifs is 1. The minimum Gasteiger partial charge on any atom is -0.454 e. The summed E-state index contributed by atoms with van der Waals surface area (Å²) in [7, 11) is 0. The summed E-state index contributed by atoms with van der Waals surface area (Å²) in [6.07, 6.45) is 0.515. The lowest BCUT2D eigenvalue weighted by atomic mass is 9.91. The number of carbonyl (C=O) groups excluding carboxylic acids is 3. The lowest BCUT2D eigenvalue weighted by Crippen LogP contribution is -2.45. The van der Waals surface area contributed by atoms with Gasteiger partial charge in [0.2, 0.25) is 6.79 Å². The van der Waals surface area contributed by atoms with Crippen molar-refractivity contribution >= 4 is 17.7 Å². The molecule has 1 aromatic carbocycles. The number of benzene rings is 1. The number of Topliss-reactive ketones (excluding diaryl/α,β-unsaturated/α-hetero) is 1. The van der Waals surface area contributed by atoms with E-state index in [0.29, 0.717) is 23.5 Å². The van der Waals surface area contributed by atoms with Crippen molar-refractivity contribution in [1.29, 1.82) is 0 Å². The average molecular weight is 425 g/mol. The second kappa shape index (κ2) is 7.44. The van der Waals surface area contributed by atoms with Crippen LogP contribution in [0.25, 0.3) is 5.69 Å². The molecular weight excluding hydrogens is 398 g/mol. The second-order valence-electron chi connectivity index (χ2n) is 8.83. The van der Waals surface area contributed by atoms with Gasteiger partial charge in [-0.1, -0.05) is 13.8 Å². The summed E-state index contributed by atoms with van der Waals surface area (Å²) in [6, 6.07) is 6.86. The van der Waals surface area contributed by atoms with Gasteiger partial charge in [0.05, 0.1) is 6.54 Å². The first-order valence-corrected chi connectivity index (χ1v) is 10.4. The summed E-state index contributed by atoms with van der Waals surface area (Å²) in [5, 5.41) is 2.75. The van der Waals surface area contributed by atoms with Crippen molar-refractivity contribution in [3.05, 3.63) is 41.2 Å². The minimum absolute atomic E-state index is 0.188. The standard InChI is InChI=1S/C23H27N3O5/c1-13(2)10-23(5)21(28)25(22(29)24-23)11-18(27)17-8-14(3)26(15(17)4)16-6-7-19-20(9-16)31-12-30-19/h6-9,13H,10-12H2,1-5H3,(H,24,29)/t23-/m0/s1. The number of nitrogens with zero attached hydrogens (tertiary/aromatic N) is 2. The van der Waals surface area contributed by atoms with Crippen LogP contribution in [0.5, 0.6) is 11.5 Å². The lowest BCUT2D eigenvalue weighted by molar-refractivity contribution is -0.131. The van der Waals surface area contributed by atoms with E-state index in [4.69, 9.17) is 9.47 Å². The van der Waals surface area contributed by atoms with Crippen LogP contribution in [0.4, 0.5) is 4.79 Å². The van der Waals surface area contributed by atoms with Gasteiger partial charge >= 0.3 is 6.03 Å². The van der Waals surface area contributed by atoms with Gasteiger partial charge in [0.1, 0.15) is 5.54 Å². The fraction of sp³-hybridized carbons (Fsp3) is 0.435. The SMILES string of the molecule is Cc1cc(C(=O)CN2C(=O)N[C@@](C)(CC(C)C)C2=O)c(C)n1-c1ccc2c(c1)OCO2. The van der Waals surface area contributed by atoms with Crippen molar-refractivity contribution in [3.8, 4) is 17.2 Å². The Hall–Kier alpha value is -3.29. The number of nitrogens with one attached hydrogen (secondary N) is 1. The van der Waals surface area contributed by atoms with E-state index < -0.39 is 11.6 Å². The van der Waals surface area contributed by atoms with Gasteiger partial charge in [0.15, 0.2) is 17.3 Å². The third-order valence-corrected chi connectivity index (χ3v) is 5.81. The summed E-state index contributed by atoms with van der Waals surface area (Å²) in [6.45, 7) is 9.34. The Balaban J connectivity index is 1.58. The van der Waals surface area contributed by atoms with E-state index in [1.165, 1.54) is 0 Å². The van der Waals surface area contributed by atoms with Crippen LogP contribution in [-0.4, -0.2) is 46.1 Å². The van der Waals surface area contributed by atoms with Gasteiger partial charge < -0.3 is 19.4 Å². The zero-order valence-corrected chi connectivity index (χ0v) is 18.4. The van der Waals surface area contributed by atoms with Gasteiger partial charge in [-0.3, -0.25) is 14.5 Å². The first-order valence-electron chi connectivity index (χ1n) is 10.4. The van der Waals surface area contributed by atoms with E-state index in [9.17, 15) is 14.4 Å². The summed E-state index contributed by atoms with van der Waals surface area (Å²) >= 11 is 0. The van der Waals surface area contributed by atoms with Gasteiger partial charge in [-0.05, 0) is 51.3 Å². The van der Waals surface area contributed by atoms with Crippen molar-refractivity contribution in [3.63, 3.8) is 0 Å². The van der Waals surface area contributed by atoms with E-state index in [0.717, 1.165) is 22.0 Å². The van der Waals surface area contributed by atoms with Crippen molar-refractivity contribution in [2.75, 3.05) is 13.3 Å². The van der Waals surface area contributed by atoms with Crippen LogP contribution >= 0.6 is 0 Å². The highest BCUT2D eigenvalue weighted by Gasteiger charge is 2.48. The molecule has 0 unspecified atom stereocenters. The Morgan fingerprint density at radius 3 is 2.58 bits per heavy atom. The van der Waals surface area contributed by atoms with E-state index in [1.54, 1.807) is 13.0 Å². The van der Waals surface area contributed by atoms with Crippen LogP contribution in [0.1, 0.15) is 48.9 Å². The maximum absolute atomic E-state index is 13.1. The van der Waals surface area contributed by atoms with Crippen LogP contribution in [-0.2, 0) is 4.79 Å². The molecule has 2 aliphatic rings. The molecule has 1 atom stereocenters. The van der Waals surface area contributed by atoms with Crippen molar-refractivity contribution in [1.82, 2.24) is 14.8 Å². The van der Waals surface area contributed by atoms with E-state index in [2.05, 4.69) is 5.32 Å². The number of urea groups is 1. The normalized spacial score (nSPS) is 20.0. The number of imide groups is 1. The zero-order valence-electron chi connectivity index (χ0n) is 18.4. The molecule has 1 saturated heterocycles. The quantitative estimate of drug-likeness (QED) is 0.566. The van der Waals surface area contributed by atoms with Gasteiger partial charge in [0, 0.05) is 28.7 Å². The molecule has 3 heterocycles. The minimum atomic E-state index is -0.977. The second-order valence-corrected chi connectivity index (χ2v) is 8.83. The molecule has 0 aliphatic carbocycles. The molecular formula is C23H27N3O5. The van der Waals surface area contributed by atoms with Crippen LogP contribution in [0.2, 0.25) is 0 Å². The summed E-state index contributed by atoms with van der Waals surface area (Å²) in [5.74, 6) is 0.930. The predicted molar refractivity (Wildman–Crippen MR) is 114 cm³/mol. The van der Waals surface area contributed by atoms with Crippen molar-refractivity contribution < 1.29 is 23.9 Å². The first kappa shape index (κ1) is 21.0. The number of aromatic nitrogens is 1. The molecule has 1 aromatic heterocycles. The summed E-state index contributed by atoms with van der Waals surface area (Å²) in [5.41, 5.74) is 1.94. The maximum atomic E-state index is 13.1. The monoisotopic (exact) mass is 425 g/mol. The van der Waals surface area contributed by atoms with E-state index >= 15 is 0 Å². The molecule has 0 saturated carbocycles. The molecule has 164 valence electrons. The van der Waals surface area contributed by atoms with Gasteiger partial charge in [-0.25, -0.2) is 4.79 Å². The van der Waals surface area contributed by atoms with Crippen LogP contribution in [0, 0.1) is 19.8 Å². The molecule has 4 rings (SSSR count). The number of hydrogen-bond acceptors (Lipinski definition) is 5. The summed E-state index contributed by atoms with van der Waals surface area (Å²) in [4.78, 5) is 39.5. The van der Waals surface area contributed by atoms with Crippen LogP contribution in [0.15, 0.2) is 24.3 Å². The van der Waals surface area contributed by atoms with Gasteiger partial charge in [-0.15, -0.1) is 0 Å². The highest BCUT2D eigenvalue weighted by atomic mass is 16.7. The molecule has 2 aromatic rings. The Morgan fingerprint density at radius 1 is 1.16 bits per heavy atom. The maximum Gasteiger partial charge on any atom is 0.325 e. The Labute approximate surface area is 181 Å². The molecule has 8 nitrogen and oxygen atoms in total. The molecule has 0 spiro atoms. The molecule has 8 heteroatoms. The molecule has 3 amide bonds. The highest BCUT2D eigenvalue weighted by Crippen LogP contribution is 2.35. The number of amides is 3. The Morgan fingerprint density at radius 2 is 1.87 bits per heavy atom. The Kier molecular flexibility index (Phi) is 5.03. The topological polar surface area (TPSA) is 89.9 Å². The highest BCUT2D eigenvalue weighted by molar-refractivity contribution is 6.11. The molecule has 0 bridgehead atoms. The molecule has 31 heavy (non-hydrogen) atoms. The van der Waals surface area contributed by atoms with Gasteiger partial charge in [0.25, 0.3) is 5.91 Å². The van der Waals surface area contributed by atoms with Crippen LogP contribution < -0.4 is 14.8 Å². The van der Waals surface area contributed by atoms with E-state index in [-0.39, 0.29) is 30.9 Å². The smallest absolute Gasteiger partial charge is 0.325 e. The summed E-state index contributed by atoms with van der Waals surface area (Å²) < 4.78 is 12.8. The number of ketones is 1. The fourth-order valence-corrected chi connectivity index (χ4v) is 4.54. The zero-order chi connectivity index (χ0) is 22.5. The average Bonchev–Trinajstić information content (AvgIpc) is 3.32. The van der Waals surface area contributed by atoms with Gasteiger partial charge in [-0.2, -0.15) is 0 Å².